The molecule has 0 bridgehead atoms. The van der Waals surface area contributed by atoms with Crippen LogP contribution in [0, 0.1) is 0 Å². The Labute approximate surface area is 117 Å². The molecule has 1 unspecified atom stereocenters. The number of amides is 1. The van der Waals surface area contributed by atoms with E-state index in [1.165, 1.54) is 19.3 Å². The van der Waals surface area contributed by atoms with Gasteiger partial charge in [-0.05, 0) is 40.7 Å². The Balaban J connectivity index is 2.55. The van der Waals surface area contributed by atoms with Gasteiger partial charge in [-0.25, -0.2) is 0 Å². The monoisotopic (exact) mass is 270 g/mol. The van der Waals surface area contributed by atoms with Crippen molar-refractivity contribution >= 4 is 5.91 Å². The number of carbonyl (C=O) groups is 1. The fourth-order valence-electron chi connectivity index (χ4n) is 2.88. The molecule has 1 N–H and O–H groups in total. The van der Waals surface area contributed by atoms with E-state index < -0.39 is 5.60 Å². The molecule has 1 amide bonds. The smallest absolute Gasteiger partial charge is 0.239 e. The summed E-state index contributed by atoms with van der Waals surface area (Å²) in [4.78, 5) is 16.3. The van der Waals surface area contributed by atoms with Gasteiger partial charge in [0.2, 0.25) is 5.91 Å². The van der Waals surface area contributed by atoms with Gasteiger partial charge >= 0.3 is 0 Å². The first-order chi connectivity index (χ1) is 8.72. The number of carbonyl (C=O) groups excluding carboxylic acids is 1. The quantitative estimate of drug-likeness (QED) is 0.829. The molecular formula is C15H30N2O2. The van der Waals surface area contributed by atoms with Crippen molar-refractivity contribution in [1.29, 1.82) is 0 Å². The first kappa shape index (κ1) is 16.4. The lowest BCUT2D eigenvalue weighted by Crippen LogP contribution is -2.51. The number of nitrogens with zero attached hydrogens (tertiary/aromatic N) is 2. The molecule has 0 radical (unpaired) electrons. The van der Waals surface area contributed by atoms with Crippen molar-refractivity contribution < 1.29 is 9.90 Å². The number of rotatable bonds is 5. The number of aliphatic hydroxyl groups is 1. The van der Waals surface area contributed by atoms with Crippen LogP contribution in [0.1, 0.15) is 52.9 Å². The van der Waals surface area contributed by atoms with Crippen molar-refractivity contribution in [3.63, 3.8) is 0 Å². The molecule has 0 spiro atoms. The predicted molar refractivity (Wildman–Crippen MR) is 78.0 cm³/mol. The minimum Gasteiger partial charge on any atom is -0.389 e. The Kier molecular flexibility index (Phi) is 5.81. The number of hydrogen-bond acceptors (Lipinski definition) is 3. The van der Waals surface area contributed by atoms with Gasteiger partial charge in [0.05, 0.1) is 11.6 Å². The fourth-order valence-corrected chi connectivity index (χ4v) is 2.88. The molecule has 0 saturated heterocycles. The first-order valence-electron chi connectivity index (χ1n) is 7.41. The zero-order chi connectivity index (χ0) is 14.6. The summed E-state index contributed by atoms with van der Waals surface area (Å²) in [6.07, 6.45) is 6.02. The van der Waals surface area contributed by atoms with Gasteiger partial charge in [0.1, 0.15) is 0 Å². The van der Waals surface area contributed by atoms with Crippen molar-refractivity contribution in [3.05, 3.63) is 0 Å². The second kappa shape index (κ2) is 6.71. The highest BCUT2D eigenvalue weighted by atomic mass is 16.3. The van der Waals surface area contributed by atoms with Gasteiger partial charge in [0, 0.05) is 19.6 Å². The van der Waals surface area contributed by atoms with E-state index in [0.29, 0.717) is 12.6 Å². The van der Waals surface area contributed by atoms with Crippen LogP contribution in [0.3, 0.4) is 0 Å². The normalized spacial score (nSPS) is 19.5. The predicted octanol–water partition coefficient (Wildman–Crippen LogP) is 1.87. The average Bonchev–Trinajstić information content (AvgIpc) is 2.35. The van der Waals surface area contributed by atoms with Crippen LogP contribution in [0.25, 0.3) is 0 Å². The van der Waals surface area contributed by atoms with E-state index in [1.54, 1.807) is 13.8 Å². The Morgan fingerprint density at radius 3 is 2.26 bits per heavy atom. The van der Waals surface area contributed by atoms with Crippen LogP contribution in [-0.2, 0) is 4.79 Å². The molecule has 0 aromatic rings. The molecule has 0 aromatic carbocycles. The summed E-state index contributed by atoms with van der Waals surface area (Å²) in [6, 6.07) is 0.220. The zero-order valence-corrected chi connectivity index (χ0v) is 13.1. The Morgan fingerprint density at radius 1 is 1.26 bits per heavy atom. The summed E-state index contributed by atoms with van der Waals surface area (Å²) < 4.78 is 0. The van der Waals surface area contributed by atoms with E-state index >= 15 is 0 Å². The minimum absolute atomic E-state index is 0.165. The SMILES string of the molecule is CC(C(=O)N(C)C1CCCCC1)N(C)CC(C)(C)O. The summed E-state index contributed by atoms with van der Waals surface area (Å²) in [5, 5.41) is 9.84. The van der Waals surface area contributed by atoms with Crippen LogP contribution in [0.15, 0.2) is 0 Å². The maximum Gasteiger partial charge on any atom is 0.239 e. The Bertz CT molecular complexity index is 293. The maximum atomic E-state index is 12.5. The van der Waals surface area contributed by atoms with Gasteiger partial charge in [-0.3, -0.25) is 9.69 Å². The molecule has 4 nitrogen and oxygen atoms in total. The van der Waals surface area contributed by atoms with Crippen LogP contribution < -0.4 is 0 Å². The van der Waals surface area contributed by atoms with Crippen molar-refractivity contribution in [2.45, 2.75) is 70.6 Å². The summed E-state index contributed by atoms with van der Waals surface area (Å²) in [5.41, 5.74) is -0.771. The molecule has 19 heavy (non-hydrogen) atoms. The average molecular weight is 270 g/mol. The van der Waals surface area contributed by atoms with Gasteiger partial charge < -0.3 is 10.0 Å². The highest BCUT2D eigenvalue weighted by Crippen LogP contribution is 2.22. The molecule has 1 fully saturated rings. The van der Waals surface area contributed by atoms with Crippen LogP contribution in [0.2, 0.25) is 0 Å². The number of hydrogen-bond donors (Lipinski definition) is 1. The molecule has 1 aliphatic rings. The first-order valence-corrected chi connectivity index (χ1v) is 7.41. The number of likely N-dealkylation sites (N-methyl/N-ethyl adjacent to an activating group) is 2. The Morgan fingerprint density at radius 2 is 1.79 bits per heavy atom. The van der Waals surface area contributed by atoms with Crippen LogP contribution in [0.4, 0.5) is 0 Å². The van der Waals surface area contributed by atoms with Gasteiger partial charge in [0.15, 0.2) is 0 Å². The van der Waals surface area contributed by atoms with E-state index in [0.717, 1.165) is 12.8 Å². The summed E-state index contributed by atoms with van der Waals surface area (Å²) >= 11 is 0. The Hall–Kier alpha value is -0.610. The second-order valence-corrected chi connectivity index (χ2v) is 6.64. The molecule has 1 saturated carbocycles. The van der Waals surface area contributed by atoms with Crippen LogP contribution in [-0.4, -0.2) is 59.1 Å². The van der Waals surface area contributed by atoms with Gasteiger partial charge in [-0.1, -0.05) is 19.3 Å². The van der Waals surface area contributed by atoms with Crippen LogP contribution >= 0.6 is 0 Å². The van der Waals surface area contributed by atoms with Crippen molar-refractivity contribution in [2.75, 3.05) is 20.6 Å². The maximum absolute atomic E-state index is 12.5. The summed E-state index contributed by atoms with van der Waals surface area (Å²) in [6.45, 7) is 5.96. The standard InChI is InChI=1S/C15H30N2O2/c1-12(16(4)11-15(2,3)19)14(18)17(5)13-9-7-6-8-10-13/h12-13,19H,6-11H2,1-5H3. The lowest BCUT2D eigenvalue weighted by molar-refractivity contribution is -0.138. The lowest BCUT2D eigenvalue weighted by Gasteiger charge is -2.36. The molecule has 4 heteroatoms. The second-order valence-electron chi connectivity index (χ2n) is 6.64. The fraction of sp³-hybridized carbons (Fsp3) is 0.933. The molecule has 1 atom stereocenters. The third kappa shape index (κ3) is 5.11. The van der Waals surface area contributed by atoms with Crippen molar-refractivity contribution in [1.82, 2.24) is 9.80 Å². The van der Waals surface area contributed by atoms with E-state index in [1.807, 2.05) is 30.8 Å². The van der Waals surface area contributed by atoms with E-state index in [4.69, 9.17) is 0 Å². The molecule has 1 rings (SSSR count). The molecule has 112 valence electrons. The highest BCUT2D eigenvalue weighted by molar-refractivity contribution is 5.81. The zero-order valence-electron chi connectivity index (χ0n) is 13.1. The molecular weight excluding hydrogens is 240 g/mol. The third-order valence-electron chi connectivity index (χ3n) is 4.12. The largest absolute Gasteiger partial charge is 0.389 e. The van der Waals surface area contributed by atoms with E-state index in [2.05, 4.69) is 0 Å². The summed E-state index contributed by atoms with van der Waals surface area (Å²) in [7, 11) is 3.82. The van der Waals surface area contributed by atoms with Crippen molar-refractivity contribution in [2.24, 2.45) is 0 Å². The topological polar surface area (TPSA) is 43.8 Å². The van der Waals surface area contributed by atoms with E-state index in [-0.39, 0.29) is 11.9 Å². The van der Waals surface area contributed by atoms with E-state index in [9.17, 15) is 9.90 Å². The van der Waals surface area contributed by atoms with Gasteiger partial charge in [0.25, 0.3) is 0 Å². The molecule has 0 heterocycles. The van der Waals surface area contributed by atoms with Gasteiger partial charge in [-0.15, -0.1) is 0 Å². The molecule has 0 aromatic heterocycles. The van der Waals surface area contributed by atoms with Crippen LogP contribution in [0.5, 0.6) is 0 Å². The lowest BCUT2D eigenvalue weighted by atomic mass is 9.94. The molecule has 1 aliphatic carbocycles. The van der Waals surface area contributed by atoms with Gasteiger partial charge in [-0.2, -0.15) is 0 Å². The summed E-state index contributed by atoms with van der Waals surface area (Å²) in [5.74, 6) is 0.165. The minimum atomic E-state index is -0.771. The highest BCUT2D eigenvalue weighted by Gasteiger charge is 2.29. The molecule has 0 aliphatic heterocycles. The third-order valence-corrected chi connectivity index (χ3v) is 4.12. The van der Waals surface area contributed by atoms with Crippen molar-refractivity contribution in [3.8, 4) is 0 Å².